The van der Waals surface area contributed by atoms with Gasteiger partial charge >= 0.3 is 12.0 Å². The largest absolute Gasteiger partial charge is 0.493 e. The van der Waals surface area contributed by atoms with Gasteiger partial charge in [0.15, 0.2) is 22.8 Å². The Balaban J connectivity index is 1.74. The SMILES string of the molecule is CCOC(=O)C1=C(CSC2=N[C@@H]3[C@H](N2)C(=O)N(C)C(=O)N3C)OC(N)=C(C#N)[C@@H]1c1cccc(OC)c1OC. The van der Waals surface area contributed by atoms with Crippen LogP contribution in [0.1, 0.15) is 18.4 Å². The van der Waals surface area contributed by atoms with Crippen molar-refractivity contribution in [2.75, 3.05) is 40.7 Å². The van der Waals surface area contributed by atoms with Gasteiger partial charge in [0.25, 0.3) is 5.91 Å². The van der Waals surface area contributed by atoms with E-state index in [4.69, 9.17) is 24.7 Å². The van der Waals surface area contributed by atoms with Crippen LogP contribution in [-0.2, 0) is 19.1 Å². The molecule has 39 heavy (non-hydrogen) atoms. The number of benzene rings is 1. The fourth-order valence-corrected chi connectivity index (χ4v) is 5.49. The summed E-state index contributed by atoms with van der Waals surface area (Å²) in [6.07, 6.45) is -0.710. The van der Waals surface area contributed by atoms with Crippen LogP contribution in [0.15, 0.2) is 46.0 Å². The van der Waals surface area contributed by atoms with Gasteiger partial charge in [-0.25, -0.2) is 14.6 Å². The van der Waals surface area contributed by atoms with Gasteiger partial charge in [0.05, 0.1) is 38.1 Å². The van der Waals surface area contributed by atoms with Crippen LogP contribution < -0.4 is 20.5 Å². The number of nitrogens with zero attached hydrogens (tertiary/aromatic N) is 4. The lowest BCUT2D eigenvalue weighted by atomic mass is 9.82. The molecule has 0 radical (unpaired) electrons. The molecule has 1 aromatic rings. The third-order valence-electron chi connectivity index (χ3n) is 6.49. The highest BCUT2D eigenvalue weighted by Crippen LogP contribution is 2.46. The lowest BCUT2D eigenvalue weighted by Gasteiger charge is -2.36. The first-order chi connectivity index (χ1) is 18.7. The number of methoxy groups -OCH3 is 2. The number of allylic oxidation sites excluding steroid dienone is 1. The van der Waals surface area contributed by atoms with Crippen LogP contribution in [0, 0.1) is 11.3 Å². The number of amides is 3. The van der Waals surface area contributed by atoms with E-state index in [1.54, 1.807) is 32.2 Å². The van der Waals surface area contributed by atoms with E-state index in [-0.39, 0.29) is 35.1 Å². The van der Waals surface area contributed by atoms with E-state index in [0.29, 0.717) is 22.2 Å². The molecule has 3 aliphatic heterocycles. The number of para-hydroxylation sites is 1. The van der Waals surface area contributed by atoms with E-state index in [1.807, 2.05) is 0 Å². The van der Waals surface area contributed by atoms with Gasteiger partial charge in [-0.05, 0) is 13.0 Å². The van der Waals surface area contributed by atoms with E-state index in [9.17, 15) is 19.6 Å². The van der Waals surface area contributed by atoms with Crippen LogP contribution in [0.2, 0.25) is 0 Å². The van der Waals surface area contributed by atoms with Gasteiger partial charge < -0.3 is 34.9 Å². The van der Waals surface area contributed by atoms with Crippen molar-refractivity contribution in [3.05, 3.63) is 46.6 Å². The number of urea groups is 1. The van der Waals surface area contributed by atoms with Crippen LogP contribution in [0.25, 0.3) is 0 Å². The zero-order valence-corrected chi connectivity index (χ0v) is 22.8. The third kappa shape index (κ3) is 4.81. The second-order valence-corrected chi connectivity index (χ2v) is 9.58. The molecule has 3 aliphatic rings. The first kappa shape index (κ1) is 27.6. The lowest BCUT2D eigenvalue weighted by Crippen LogP contribution is -2.63. The van der Waals surface area contributed by atoms with Crippen molar-refractivity contribution in [3.63, 3.8) is 0 Å². The Bertz CT molecular complexity index is 1350. The Morgan fingerprint density at radius 2 is 2.03 bits per heavy atom. The van der Waals surface area contributed by atoms with Crippen LogP contribution in [0.5, 0.6) is 11.5 Å². The first-order valence-electron chi connectivity index (χ1n) is 11.9. The van der Waals surface area contributed by atoms with Gasteiger partial charge in [-0.15, -0.1) is 0 Å². The standard InChI is InChI=1S/C25H28N6O7S/c1-6-37-23(33)17-15(11-39-24-28-18-21(29-24)30(2)25(34)31(3)22(18)32)38-20(27)13(10-26)16(17)12-8-7-9-14(35-4)19(12)36-5/h7-9,16,18,21H,6,11,27H2,1-5H3,(H,28,29)/t16-,18-,21-/m0/s1. The predicted molar refractivity (Wildman–Crippen MR) is 140 cm³/mol. The third-order valence-corrected chi connectivity index (χ3v) is 7.39. The summed E-state index contributed by atoms with van der Waals surface area (Å²) in [5.41, 5.74) is 6.72. The summed E-state index contributed by atoms with van der Waals surface area (Å²) in [4.78, 5) is 45.2. The molecule has 13 nitrogen and oxygen atoms in total. The number of fused-ring (bicyclic) bond motifs is 1. The molecule has 1 saturated heterocycles. The Morgan fingerprint density at radius 3 is 2.67 bits per heavy atom. The number of imide groups is 1. The summed E-state index contributed by atoms with van der Waals surface area (Å²) in [6.45, 7) is 1.75. The number of likely N-dealkylation sites (N-methyl/N-ethyl adjacent to an activating group) is 2. The fourth-order valence-electron chi connectivity index (χ4n) is 4.61. The molecule has 0 bridgehead atoms. The van der Waals surface area contributed by atoms with E-state index < -0.39 is 36.0 Å². The monoisotopic (exact) mass is 556 g/mol. The molecule has 14 heteroatoms. The Labute approximate surface area is 229 Å². The maximum Gasteiger partial charge on any atom is 0.338 e. The number of nitriles is 1. The van der Waals surface area contributed by atoms with Crippen molar-refractivity contribution >= 4 is 34.8 Å². The summed E-state index contributed by atoms with van der Waals surface area (Å²) in [5, 5.41) is 13.4. The molecule has 3 atom stereocenters. The minimum atomic E-state index is -0.969. The lowest BCUT2D eigenvalue weighted by molar-refractivity contribution is -0.139. The zero-order chi connectivity index (χ0) is 28.4. The van der Waals surface area contributed by atoms with Crippen molar-refractivity contribution in [3.8, 4) is 17.6 Å². The van der Waals surface area contributed by atoms with Gasteiger partial charge in [0, 0.05) is 19.7 Å². The molecule has 0 aromatic heterocycles. The van der Waals surface area contributed by atoms with E-state index in [1.165, 1.54) is 26.2 Å². The van der Waals surface area contributed by atoms with Crippen molar-refractivity contribution in [1.82, 2.24) is 15.1 Å². The summed E-state index contributed by atoms with van der Waals surface area (Å²) < 4.78 is 22.2. The summed E-state index contributed by atoms with van der Waals surface area (Å²) in [6, 6.07) is 5.96. The first-order valence-corrected chi connectivity index (χ1v) is 12.9. The Morgan fingerprint density at radius 1 is 1.28 bits per heavy atom. The number of thioether (sulfide) groups is 1. The Hall–Kier alpha value is -4.38. The number of rotatable bonds is 7. The van der Waals surface area contributed by atoms with E-state index in [2.05, 4.69) is 16.4 Å². The average molecular weight is 557 g/mol. The quantitative estimate of drug-likeness (QED) is 0.463. The summed E-state index contributed by atoms with van der Waals surface area (Å²) >= 11 is 1.15. The molecule has 0 saturated carbocycles. The average Bonchev–Trinajstić information content (AvgIpc) is 3.37. The number of carbonyl (C=O) groups is 3. The molecule has 1 aromatic carbocycles. The highest BCUT2D eigenvalue weighted by atomic mass is 32.2. The van der Waals surface area contributed by atoms with Crippen molar-refractivity contribution in [1.29, 1.82) is 5.26 Å². The Kier molecular flexibility index (Phi) is 7.91. The number of hydrogen-bond donors (Lipinski definition) is 2. The maximum atomic E-state index is 13.3. The van der Waals surface area contributed by atoms with Gasteiger partial charge in [0.2, 0.25) is 5.88 Å². The number of esters is 1. The minimum absolute atomic E-state index is 0.00878. The molecule has 206 valence electrons. The maximum absolute atomic E-state index is 13.3. The number of nitrogens with one attached hydrogen (secondary N) is 1. The molecule has 3 N–H and O–H groups in total. The van der Waals surface area contributed by atoms with Crippen LogP contribution in [-0.4, -0.2) is 85.8 Å². The predicted octanol–water partition coefficient (Wildman–Crippen LogP) is 1.24. The van der Waals surface area contributed by atoms with Crippen LogP contribution >= 0.6 is 11.8 Å². The number of aliphatic imine (C=N–C) groups is 1. The molecule has 0 unspecified atom stereocenters. The van der Waals surface area contributed by atoms with Crippen LogP contribution in [0.3, 0.4) is 0 Å². The molecule has 3 amide bonds. The van der Waals surface area contributed by atoms with Crippen molar-refractivity contribution in [2.24, 2.45) is 10.7 Å². The topological polar surface area (TPSA) is 169 Å². The smallest absolute Gasteiger partial charge is 0.338 e. The molecule has 0 aliphatic carbocycles. The molecular formula is C25H28N6O7S. The fraction of sp³-hybridized carbons (Fsp3) is 0.400. The normalized spacial score (nSPS) is 22.6. The van der Waals surface area contributed by atoms with Crippen molar-refractivity contribution in [2.45, 2.75) is 25.0 Å². The molecule has 0 spiro atoms. The summed E-state index contributed by atoms with van der Waals surface area (Å²) in [7, 11) is 5.90. The van der Waals surface area contributed by atoms with E-state index in [0.717, 1.165) is 16.7 Å². The number of carbonyl (C=O) groups excluding carboxylic acids is 3. The van der Waals surface area contributed by atoms with E-state index >= 15 is 0 Å². The highest BCUT2D eigenvalue weighted by molar-refractivity contribution is 8.14. The second kappa shape index (κ2) is 11.2. The van der Waals surface area contributed by atoms with Gasteiger partial charge in [-0.3, -0.25) is 9.69 Å². The number of hydrogen-bond acceptors (Lipinski definition) is 12. The second-order valence-electron chi connectivity index (χ2n) is 8.61. The van der Waals surface area contributed by atoms with Crippen molar-refractivity contribution < 1.29 is 33.3 Å². The zero-order valence-electron chi connectivity index (χ0n) is 22.0. The van der Waals surface area contributed by atoms with Gasteiger partial charge in [0.1, 0.15) is 23.4 Å². The number of amidine groups is 1. The minimum Gasteiger partial charge on any atom is -0.493 e. The summed E-state index contributed by atoms with van der Waals surface area (Å²) in [5.74, 6) is -1.32. The van der Waals surface area contributed by atoms with Gasteiger partial charge in [-0.1, -0.05) is 23.9 Å². The number of ether oxygens (including phenoxy) is 4. The highest BCUT2D eigenvalue weighted by Gasteiger charge is 2.47. The molecule has 3 heterocycles. The number of nitrogens with two attached hydrogens (primary N) is 1. The molecule has 1 fully saturated rings. The van der Waals surface area contributed by atoms with Crippen LogP contribution in [0.4, 0.5) is 4.79 Å². The molecule has 4 rings (SSSR count). The molecular weight excluding hydrogens is 528 g/mol. The van der Waals surface area contributed by atoms with Gasteiger partial charge in [-0.2, -0.15) is 5.26 Å².